The van der Waals surface area contributed by atoms with Crippen molar-refractivity contribution >= 4 is 28.3 Å². The van der Waals surface area contributed by atoms with E-state index in [4.69, 9.17) is 4.74 Å². The first kappa shape index (κ1) is 20.1. The summed E-state index contributed by atoms with van der Waals surface area (Å²) in [5, 5.41) is 6.18. The van der Waals surface area contributed by atoms with Gasteiger partial charge in [0.25, 0.3) is 5.91 Å². The van der Waals surface area contributed by atoms with E-state index in [1.54, 1.807) is 12.1 Å². The Balaban J connectivity index is 0.00000225. The van der Waals surface area contributed by atoms with Gasteiger partial charge in [0, 0.05) is 31.2 Å². The Morgan fingerprint density at radius 3 is 2.76 bits per heavy atom. The van der Waals surface area contributed by atoms with Crippen molar-refractivity contribution in [1.29, 1.82) is 0 Å². The minimum atomic E-state index is -3.59. The molecule has 0 saturated carbocycles. The van der Waals surface area contributed by atoms with Gasteiger partial charge in [-0.3, -0.25) is 4.79 Å². The van der Waals surface area contributed by atoms with Gasteiger partial charge in [-0.1, -0.05) is 6.07 Å². The number of hydrogen-bond donors (Lipinski definition) is 2. The Hall–Kier alpha value is -1.19. The van der Waals surface area contributed by atoms with Crippen molar-refractivity contribution in [2.75, 3.05) is 39.4 Å². The summed E-state index contributed by atoms with van der Waals surface area (Å²) in [6.07, 6.45) is 2.17. The molecule has 7 nitrogen and oxygen atoms in total. The molecule has 0 radical (unpaired) electrons. The normalized spacial score (nSPS) is 21.5. The van der Waals surface area contributed by atoms with Gasteiger partial charge in [-0.2, -0.15) is 4.31 Å². The number of amides is 1. The molecule has 1 unspecified atom stereocenters. The third-order valence-corrected chi connectivity index (χ3v) is 6.27. The van der Waals surface area contributed by atoms with Crippen LogP contribution in [0.3, 0.4) is 0 Å². The van der Waals surface area contributed by atoms with Gasteiger partial charge >= 0.3 is 0 Å². The molecule has 2 aliphatic heterocycles. The maximum Gasteiger partial charge on any atom is 0.251 e. The van der Waals surface area contributed by atoms with Gasteiger partial charge in [-0.25, -0.2) is 8.42 Å². The van der Waals surface area contributed by atoms with Gasteiger partial charge in [-0.05, 0) is 37.6 Å². The van der Waals surface area contributed by atoms with Crippen molar-refractivity contribution in [3.8, 4) is 0 Å². The van der Waals surface area contributed by atoms with E-state index >= 15 is 0 Å². The lowest BCUT2D eigenvalue weighted by Gasteiger charge is -2.26. The second kappa shape index (κ2) is 8.95. The van der Waals surface area contributed by atoms with Crippen molar-refractivity contribution in [3.63, 3.8) is 0 Å². The number of benzene rings is 1. The Kier molecular flexibility index (Phi) is 7.21. The minimum absolute atomic E-state index is 0. The molecular formula is C16H24ClN3O4S. The summed E-state index contributed by atoms with van der Waals surface area (Å²) >= 11 is 0. The lowest BCUT2D eigenvalue weighted by Crippen LogP contribution is -2.40. The van der Waals surface area contributed by atoms with Crippen molar-refractivity contribution in [2.24, 2.45) is 0 Å². The van der Waals surface area contributed by atoms with E-state index in [-0.39, 0.29) is 23.2 Å². The number of hydrogen-bond acceptors (Lipinski definition) is 5. The SMILES string of the molecule is Cl.O=C(NCC1CCCN1)c1cccc(S(=O)(=O)N2CCOCC2)c1. The van der Waals surface area contributed by atoms with Crippen molar-refractivity contribution in [2.45, 2.75) is 23.8 Å². The molecule has 1 amide bonds. The molecule has 0 aliphatic carbocycles. The maximum atomic E-state index is 12.7. The predicted molar refractivity (Wildman–Crippen MR) is 96.6 cm³/mol. The van der Waals surface area contributed by atoms with Crippen molar-refractivity contribution in [3.05, 3.63) is 29.8 Å². The van der Waals surface area contributed by atoms with Crippen LogP contribution in [0.4, 0.5) is 0 Å². The molecule has 0 spiro atoms. The van der Waals surface area contributed by atoms with Gasteiger partial charge in [0.2, 0.25) is 10.0 Å². The predicted octanol–water partition coefficient (Wildman–Crippen LogP) is 0.611. The molecule has 140 valence electrons. The van der Waals surface area contributed by atoms with Gasteiger partial charge < -0.3 is 15.4 Å². The van der Waals surface area contributed by atoms with Crippen LogP contribution in [0, 0.1) is 0 Å². The summed E-state index contributed by atoms with van der Waals surface area (Å²) in [6, 6.07) is 6.52. The summed E-state index contributed by atoms with van der Waals surface area (Å²) in [7, 11) is -3.59. The average Bonchev–Trinajstić information content (AvgIpc) is 3.14. The van der Waals surface area contributed by atoms with Crippen LogP contribution in [0.25, 0.3) is 0 Å². The van der Waals surface area contributed by atoms with E-state index in [1.807, 2.05) is 0 Å². The highest BCUT2D eigenvalue weighted by molar-refractivity contribution is 7.89. The molecule has 2 fully saturated rings. The van der Waals surface area contributed by atoms with E-state index in [1.165, 1.54) is 16.4 Å². The molecule has 1 aromatic carbocycles. The van der Waals surface area contributed by atoms with E-state index in [2.05, 4.69) is 10.6 Å². The fourth-order valence-electron chi connectivity index (χ4n) is 2.98. The molecule has 1 atom stereocenters. The van der Waals surface area contributed by atoms with Crippen LogP contribution in [0.1, 0.15) is 23.2 Å². The van der Waals surface area contributed by atoms with Crippen LogP contribution in [-0.2, 0) is 14.8 Å². The lowest BCUT2D eigenvalue weighted by molar-refractivity contribution is 0.0730. The number of halogens is 1. The highest BCUT2D eigenvalue weighted by atomic mass is 35.5. The third kappa shape index (κ3) is 4.92. The molecule has 3 rings (SSSR count). The van der Waals surface area contributed by atoms with E-state index < -0.39 is 10.0 Å². The monoisotopic (exact) mass is 389 g/mol. The fourth-order valence-corrected chi connectivity index (χ4v) is 4.44. The number of nitrogens with one attached hydrogen (secondary N) is 2. The molecule has 1 aromatic rings. The Morgan fingerprint density at radius 1 is 1.32 bits per heavy atom. The average molecular weight is 390 g/mol. The highest BCUT2D eigenvalue weighted by Crippen LogP contribution is 2.18. The van der Waals surface area contributed by atoms with Crippen LogP contribution in [0.2, 0.25) is 0 Å². The first-order chi connectivity index (χ1) is 11.6. The minimum Gasteiger partial charge on any atom is -0.379 e. The first-order valence-corrected chi connectivity index (χ1v) is 9.71. The summed E-state index contributed by atoms with van der Waals surface area (Å²) < 4.78 is 31.9. The van der Waals surface area contributed by atoms with Crippen molar-refractivity contribution in [1.82, 2.24) is 14.9 Å². The van der Waals surface area contributed by atoms with E-state index in [9.17, 15) is 13.2 Å². The van der Waals surface area contributed by atoms with E-state index in [0.29, 0.717) is 44.5 Å². The van der Waals surface area contributed by atoms with Crippen molar-refractivity contribution < 1.29 is 17.9 Å². The summed E-state index contributed by atoms with van der Waals surface area (Å²) in [6.45, 7) is 3.01. The van der Waals surface area contributed by atoms with Crippen LogP contribution < -0.4 is 10.6 Å². The molecule has 9 heteroatoms. The number of sulfonamides is 1. The molecular weight excluding hydrogens is 366 g/mol. The second-order valence-corrected chi connectivity index (χ2v) is 7.99. The highest BCUT2D eigenvalue weighted by Gasteiger charge is 2.27. The maximum absolute atomic E-state index is 12.7. The molecule has 2 saturated heterocycles. The zero-order valence-corrected chi connectivity index (χ0v) is 15.6. The second-order valence-electron chi connectivity index (χ2n) is 6.05. The topological polar surface area (TPSA) is 87.7 Å². The molecule has 0 bridgehead atoms. The lowest BCUT2D eigenvalue weighted by atomic mass is 10.2. The molecule has 2 N–H and O–H groups in total. The third-order valence-electron chi connectivity index (χ3n) is 4.38. The smallest absolute Gasteiger partial charge is 0.251 e. The Morgan fingerprint density at radius 2 is 2.08 bits per heavy atom. The van der Waals surface area contributed by atoms with Crippen LogP contribution in [0.15, 0.2) is 29.2 Å². The zero-order valence-electron chi connectivity index (χ0n) is 13.9. The fraction of sp³-hybridized carbons (Fsp3) is 0.562. The number of rotatable bonds is 5. The summed E-state index contributed by atoms with van der Waals surface area (Å²) in [4.78, 5) is 12.4. The molecule has 2 heterocycles. The van der Waals surface area contributed by atoms with Gasteiger partial charge in [0.15, 0.2) is 0 Å². The van der Waals surface area contributed by atoms with Crippen LogP contribution in [-0.4, -0.2) is 64.1 Å². The van der Waals surface area contributed by atoms with E-state index in [0.717, 1.165) is 19.4 Å². The number of ether oxygens (including phenoxy) is 1. The molecule has 2 aliphatic rings. The first-order valence-electron chi connectivity index (χ1n) is 8.27. The molecule has 25 heavy (non-hydrogen) atoms. The number of carbonyl (C=O) groups is 1. The van der Waals surface area contributed by atoms with Gasteiger partial charge in [0.05, 0.1) is 18.1 Å². The Bertz CT molecular complexity index is 686. The van der Waals surface area contributed by atoms with Gasteiger partial charge in [-0.15, -0.1) is 12.4 Å². The summed E-state index contributed by atoms with van der Waals surface area (Å²) in [5.74, 6) is -0.247. The number of nitrogens with zero attached hydrogens (tertiary/aromatic N) is 1. The van der Waals surface area contributed by atoms with Crippen LogP contribution >= 0.6 is 12.4 Å². The van der Waals surface area contributed by atoms with Crippen LogP contribution in [0.5, 0.6) is 0 Å². The number of carbonyl (C=O) groups excluding carboxylic acids is 1. The zero-order chi connectivity index (χ0) is 17.0. The standard InChI is InChI=1S/C16H23N3O4S.ClH/c20-16(18-12-14-4-2-6-17-14)13-3-1-5-15(11-13)24(21,22)19-7-9-23-10-8-19;/h1,3,5,11,14,17H,2,4,6-10,12H2,(H,18,20);1H. The summed E-state index contributed by atoms with van der Waals surface area (Å²) in [5.41, 5.74) is 0.363. The Labute approximate surface area is 154 Å². The molecule has 0 aromatic heterocycles. The van der Waals surface area contributed by atoms with Gasteiger partial charge in [0.1, 0.15) is 0 Å². The largest absolute Gasteiger partial charge is 0.379 e. The number of morpholine rings is 1. The quantitative estimate of drug-likeness (QED) is 0.770.